The standard InChI is InChI=1S/C15H17NO3S/c1-15(19,13-3-2-8-20-13)10-16-14(18)9-11-4-6-12(17)7-5-11/h2-8,17,19H,9-10H2,1H3,(H,16,18). The Kier molecular flexibility index (Phi) is 4.42. The summed E-state index contributed by atoms with van der Waals surface area (Å²) in [6, 6.07) is 10.2. The number of rotatable bonds is 5. The van der Waals surface area contributed by atoms with Crippen LogP contribution in [-0.4, -0.2) is 22.7 Å². The minimum atomic E-state index is -1.06. The van der Waals surface area contributed by atoms with Crippen LogP contribution in [0.25, 0.3) is 0 Å². The molecule has 0 aliphatic carbocycles. The minimum absolute atomic E-state index is 0.160. The molecule has 0 fully saturated rings. The van der Waals surface area contributed by atoms with E-state index in [0.717, 1.165) is 10.4 Å². The molecule has 0 radical (unpaired) electrons. The van der Waals surface area contributed by atoms with Crippen LogP contribution in [0.1, 0.15) is 17.4 Å². The lowest BCUT2D eigenvalue weighted by Crippen LogP contribution is -2.38. The summed E-state index contributed by atoms with van der Waals surface area (Å²) >= 11 is 1.46. The molecule has 1 heterocycles. The number of amides is 1. The van der Waals surface area contributed by atoms with E-state index < -0.39 is 5.60 Å². The first-order chi connectivity index (χ1) is 9.47. The van der Waals surface area contributed by atoms with Gasteiger partial charge in [-0.1, -0.05) is 18.2 Å². The third kappa shape index (κ3) is 3.82. The molecule has 4 nitrogen and oxygen atoms in total. The molecule has 2 rings (SSSR count). The van der Waals surface area contributed by atoms with Crippen molar-refractivity contribution in [3.8, 4) is 5.75 Å². The topological polar surface area (TPSA) is 69.6 Å². The average molecular weight is 291 g/mol. The third-order valence-corrected chi connectivity index (χ3v) is 4.11. The van der Waals surface area contributed by atoms with Crippen molar-refractivity contribution in [3.63, 3.8) is 0 Å². The van der Waals surface area contributed by atoms with Crippen LogP contribution in [0.4, 0.5) is 0 Å². The number of phenols is 1. The van der Waals surface area contributed by atoms with Crippen LogP contribution in [-0.2, 0) is 16.8 Å². The van der Waals surface area contributed by atoms with Gasteiger partial charge < -0.3 is 15.5 Å². The number of hydrogen-bond donors (Lipinski definition) is 3. The van der Waals surface area contributed by atoms with Gasteiger partial charge in [-0.25, -0.2) is 0 Å². The maximum Gasteiger partial charge on any atom is 0.224 e. The summed E-state index contributed by atoms with van der Waals surface area (Å²) in [7, 11) is 0. The van der Waals surface area contributed by atoms with Gasteiger partial charge in [-0.3, -0.25) is 4.79 Å². The number of aliphatic hydroxyl groups is 1. The van der Waals surface area contributed by atoms with Crippen molar-refractivity contribution < 1.29 is 15.0 Å². The van der Waals surface area contributed by atoms with Crippen LogP contribution in [0.15, 0.2) is 41.8 Å². The zero-order valence-electron chi connectivity index (χ0n) is 11.2. The maximum atomic E-state index is 11.8. The number of nitrogens with one attached hydrogen (secondary N) is 1. The summed E-state index contributed by atoms with van der Waals surface area (Å²) < 4.78 is 0. The fraction of sp³-hybridized carbons (Fsp3) is 0.267. The lowest BCUT2D eigenvalue weighted by atomic mass is 10.0. The van der Waals surface area contributed by atoms with E-state index >= 15 is 0 Å². The van der Waals surface area contributed by atoms with Crippen molar-refractivity contribution in [2.75, 3.05) is 6.54 Å². The Hall–Kier alpha value is -1.85. The molecule has 0 saturated heterocycles. The fourth-order valence-corrected chi connectivity index (χ4v) is 2.59. The molecular formula is C15H17NO3S. The SMILES string of the molecule is CC(O)(CNC(=O)Cc1ccc(O)cc1)c1cccs1. The van der Waals surface area contributed by atoms with Gasteiger partial charge >= 0.3 is 0 Å². The zero-order valence-corrected chi connectivity index (χ0v) is 12.0. The quantitative estimate of drug-likeness (QED) is 0.789. The summed E-state index contributed by atoms with van der Waals surface area (Å²) in [6.07, 6.45) is 0.223. The molecule has 1 unspecified atom stereocenters. The largest absolute Gasteiger partial charge is 0.508 e. The lowest BCUT2D eigenvalue weighted by molar-refractivity contribution is -0.121. The molecule has 0 aliphatic heterocycles. The van der Waals surface area contributed by atoms with Gasteiger partial charge in [-0.2, -0.15) is 0 Å². The van der Waals surface area contributed by atoms with E-state index in [2.05, 4.69) is 5.32 Å². The van der Waals surface area contributed by atoms with Gasteiger partial charge in [-0.05, 0) is 36.1 Å². The zero-order chi connectivity index (χ0) is 14.6. The number of thiophene rings is 1. The maximum absolute atomic E-state index is 11.8. The molecule has 2 aromatic rings. The van der Waals surface area contributed by atoms with Gasteiger partial charge in [0.1, 0.15) is 11.4 Å². The Morgan fingerprint density at radius 1 is 1.30 bits per heavy atom. The molecule has 20 heavy (non-hydrogen) atoms. The van der Waals surface area contributed by atoms with E-state index in [1.807, 2.05) is 17.5 Å². The molecule has 0 spiro atoms. The molecule has 106 valence electrons. The highest BCUT2D eigenvalue weighted by atomic mass is 32.1. The highest BCUT2D eigenvalue weighted by Crippen LogP contribution is 2.24. The number of benzene rings is 1. The summed E-state index contributed by atoms with van der Waals surface area (Å²) in [6.45, 7) is 1.85. The summed E-state index contributed by atoms with van der Waals surface area (Å²) in [5.74, 6) is 0.0160. The van der Waals surface area contributed by atoms with Gasteiger partial charge in [0.05, 0.1) is 13.0 Å². The minimum Gasteiger partial charge on any atom is -0.508 e. The van der Waals surface area contributed by atoms with Crippen LogP contribution >= 0.6 is 11.3 Å². The Morgan fingerprint density at radius 3 is 2.60 bits per heavy atom. The van der Waals surface area contributed by atoms with Crippen LogP contribution in [0.3, 0.4) is 0 Å². The Balaban J connectivity index is 1.88. The molecule has 0 bridgehead atoms. The number of carbonyl (C=O) groups is 1. The third-order valence-electron chi connectivity index (χ3n) is 2.98. The van der Waals surface area contributed by atoms with Gasteiger partial charge in [0.15, 0.2) is 0 Å². The van der Waals surface area contributed by atoms with Crippen LogP contribution in [0.2, 0.25) is 0 Å². The van der Waals surface area contributed by atoms with Crippen LogP contribution in [0, 0.1) is 0 Å². The predicted molar refractivity (Wildman–Crippen MR) is 78.7 cm³/mol. The van der Waals surface area contributed by atoms with E-state index in [1.165, 1.54) is 11.3 Å². The molecule has 0 saturated carbocycles. The van der Waals surface area contributed by atoms with Gasteiger partial charge in [0.25, 0.3) is 0 Å². The van der Waals surface area contributed by atoms with Crippen molar-refractivity contribution in [1.82, 2.24) is 5.32 Å². The number of carbonyl (C=O) groups excluding carboxylic acids is 1. The number of phenolic OH excluding ortho intramolecular Hbond substituents is 1. The number of aromatic hydroxyl groups is 1. The molecule has 1 atom stereocenters. The molecule has 3 N–H and O–H groups in total. The lowest BCUT2D eigenvalue weighted by Gasteiger charge is -2.22. The first-order valence-electron chi connectivity index (χ1n) is 6.28. The van der Waals surface area contributed by atoms with Crippen molar-refractivity contribution in [3.05, 3.63) is 52.2 Å². The molecule has 1 aromatic heterocycles. The van der Waals surface area contributed by atoms with Gasteiger partial charge in [-0.15, -0.1) is 11.3 Å². The van der Waals surface area contributed by atoms with Crippen LogP contribution < -0.4 is 5.32 Å². The highest BCUT2D eigenvalue weighted by molar-refractivity contribution is 7.10. The second-order valence-corrected chi connectivity index (χ2v) is 5.82. The van der Waals surface area contributed by atoms with E-state index in [1.54, 1.807) is 31.2 Å². The van der Waals surface area contributed by atoms with Gasteiger partial charge in [0.2, 0.25) is 5.91 Å². The molecule has 5 heteroatoms. The monoisotopic (exact) mass is 291 g/mol. The fourth-order valence-electron chi connectivity index (χ4n) is 1.80. The molecule has 1 aromatic carbocycles. The van der Waals surface area contributed by atoms with E-state index in [9.17, 15) is 15.0 Å². The van der Waals surface area contributed by atoms with Crippen molar-refractivity contribution in [1.29, 1.82) is 0 Å². The molecular weight excluding hydrogens is 274 g/mol. The van der Waals surface area contributed by atoms with E-state index in [0.29, 0.717) is 0 Å². The number of hydrogen-bond acceptors (Lipinski definition) is 4. The summed E-state index contributed by atoms with van der Waals surface area (Å²) in [4.78, 5) is 12.7. The van der Waals surface area contributed by atoms with Crippen molar-refractivity contribution >= 4 is 17.2 Å². The second kappa shape index (κ2) is 6.07. The van der Waals surface area contributed by atoms with Crippen LogP contribution in [0.5, 0.6) is 5.75 Å². The normalized spacial score (nSPS) is 13.7. The van der Waals surface area contributed by atoms with Gasteiger partial charge in [0, 0.05) is 4.88 Å². The highest BCUT2D eigenvalue weighted by Gasteiger charge is 2.24. The Labute approximate surface area is 121 Å². The smallest absolute Gasteiger partial charge is 0.224 e. The average Bonchev–Trinajstić information content (AvgIpc) is 2.94. The Morgan fingerprint density at radius 2 is 2.00 bits per heavy atom. The second-order valence-electron chi connectivity index (χ2n) is 4.87. The Bertz CT molecular complexity index is 561. The van der Waals surface area contributed by atoms with Crippen molar-refractivity contribution in [2.45, 2.75) is 18.9 Å². The van der Waals surface area contributed by atoms with Crippen molar-refractivity contribution in [2.24, 2.45) is 0 Å². The first kappa shape index (κ1) is 14.6. The van der Waals surface area contributed by atoms with E-state index in [4.69, 9.17) is 0 Å². The molecule has 1 amide bonds. The summed E-state index contributed by atoms with van der Waals surface area (Å²) in [5, 5.41) is 24.1. The first-order valence-corrected chi connectivity index (χ1v) is 7.16. The molecule has 0 aliphatic rings. The summed E-state index contributed by atoms with van der Waals surface area (Å²) in [5.41, 5.74) is -0.241. The predicted octanol–water partition coefficient (Wildman–Crippen LogP) is 2.02. The van der Waals surface area contributed by atoms with E-state index in [-0.39, 0.29) is 24.6 Å².